The minimum Gasteiger partial charge on any atom is -0.377 e. The van der Waals surface area contributed by atoms with Gasteiger partial charge in [0.05, 0.1) is 12.1 Å². The van der Waals surface area contributed by atoms with Crippen molar-refractivity contribution in [1.82, 2.24) is 5.32 Å². The van der Waals surface area contributed by atoms with E-state index in [-0.39, 0.29) is 6.04 Å². The number of aliphatic imine (C=N–C) groups is 1. The normalized spacial score (nSPS) is 28.2. The quantitative estimate of drug-likeness (QED) is 0.911. The van der Waals surface area contributed by atoms with E-state index < -0.39 is 0 Å². The van der Waals surface area contributed by atoms with Gasteiger partial charge in [0.1, 0.15) is 12.4 Å². The van der Waals surface area contributed by atoms with Gasteiger partial charge in [0.25, 0.3) is 0 Å². The number of rotatable bonds is 4. The van der Waals surface area contributed by atoms with Crippen molar-refractivity contribution in [2.24, 2.45) is 10.9 Å². The zero-order chi connectivity index (χ0) is 13.8. The Labute approximate surface area is 120 Å². The number of methoxy groups -OCH3 is 1. The second-order valence-electron chi connectivity index (χ2n) is 5.25. The number of ether oxygens (including phenoxy) is 1. The van der Waals surface area contributed by atoms with Crippen molar-refractivity contribution in [2.45, 2.75) is 18.5 Å². The number of benzene rings is 1. The van der Waals surface area contributed by atoms with Gasteiger partial charge in [-0.05, 0) is 12.0 Å². The molecule has 1 aromatic carbocycles. The largest absolute Gasteiger partial charge is 0.377 e. The molecule has 0 bridgehead atoms. The van der Waals surface area contributed by atoms with Crippen LogP contribution in [0, 0.1) is 5.92 Å². The van der Waals surface area contributed by atoms with E-state index in [0.717, 1.165) is 12.3 Å². The molecular weight excluding hydrogens is 248 g/mol. The number of nitrogens with one attached hydrogen (secondary N) is 1. The van der Waals surface area contributed by atoms with E-state index in [9.17, 15) is 0 Å². The van der Waals surface area contributed by atoms with E-state index in [0.29, 0.717) is 18.6 Å². The number of nitrogens with zero attached hydrogens (tertiary/aromatic N) is 1. The summed E-state index contributed by atoms with van der Waals surface area (Å²) >= 11 is 0. The maximum Gasteiger partial charge on any atom is 0.124 e. The van der Waals surface area contributed by atoms with E-state index in [1.165, 1.54) is 5.56 Å². The molecule has 3 nitrogen and oxygen atoms in total. The highest BCUT2D eigenvalue weighted by Crippen LogP contribution is 2.33. The van der Waals surface area contributed by atoms with Crippen LogP contribution in [0.1, 0.15) is 18.0 Å². The van der Waals surface area contributed by atoms with Crippen LogP contribution >= 0.6 is 0 Å². The minimum absolute atomic E-state index is 0.169. The van der Waals surface area contributed by atoms with Crippen LogP contribution in [0.5, 0.6) is 0 Å². The van der Waals surface area contributed by atoms with E-state index >= 15 is 0 Å². The second kappa shape index (κ2) is 6.06. The van der Waals surface area contributed by atoms with Gasteiger partial charge in [-0.15, -0.1) is 0 Å². The lowest BCUT2D eigenvalue weighted by Crippen LogP contribution is -2.38. The molecule has 0 fully saturated rings. The van der Waals surface area contributed by atoms with Gasteiger partial charge in [-0.1, -0.05) is 54.6 Å². The van der Waals surface area contributed by atoms with Crippen LogP contribution in [0.25, 0.3) is 0 Å². The summed E-state index contributed by atoms with van der Waals surface area (Å²) in [5, 5.41) is 3.55. The summed E-state index contributed by atoms with van der Waals surface area (Å²) in [6.45, 7) is 0.548. The van der Waals surface area contributed by atoms with Gasteiger partial charge in [-0.3, -0.25) is 4.99 Å². The Kier molecular flexibility index (Phi) is 3.97. The molecule has 1 unspecified atom stereocenters. The first-order chi connectivity index (χ1) is 9.88. The minimum atomic E-state index is 0.169. The number of hydrogen-bond donors (Lipinski definition) is 1. The highest BCUT2D eigenvalue weighted by Gasteiger charge is 2.34. The molecule has 3 rings (SSSR count). The number of allylic oxidation sites excluding steroid dienone is 3. The van der Waals surface area contributed by atoms with Crippen molar-refractivity contribution >= 4 is 5.84 Å². The second-order valence-corrected chi connectivity index (χ2v) is 5.25. The molecule has 1 aliphatic heterocycles. The van der Waals surface area contributed by atoms with Gasteiger partial charge in [-0.25, -0.2) is 0 Å². The third-order valence-electron chi connectivity index (χ3n) is 3.87. The summed E-state index contributed by atoms with van der Waals surface area (Å²) in [4.78, 5) is 4.83. The van der Waals surface area contributed by atoms with Crippen molar-refractivity contribution in [3.05, 3.63) is 60.2 Å². The first-order valence-electron chi connectivity index (χ1n) is 7.09. The molecule has 0 amide bonds. The molecule has 3 atom stereocenters. The third kappa shape index (κ3) is 2.68. The lowest BCUT2D eigenvalue weighted by Gasteiger charge is -2.26. The van der Waals surface area contributed by atoms with E-state index in [1.807, 2.05) is 6.07 Å². The van der Waals surface area contributed by atoms with Crippen LogP contribution in [0.4, 0.5) is 0 Å². The lowest BCUT2D eigenvalue weighted by molar-refractivity contribution is 0.242. The van der Waals surface area contributed by atoms with Crippen LogP contribution in [0.2, 0.25) is 0 Å². The summed E-state index contributed by atoms with van der Waals surface area (Å²) in [5.41, 5.74) is 1.26. The summed E-state index contributed by atoms with van der Waals surface area (Å²) in [6, 6.07) is 11.0. The summed E-state index contributed by atoms with van der Waals surface area (Å²) < 4.78 is 5.22. The number of hydrogen-bond acceptors (Lipinski definition) is 3. The molecule has 2 aliphatic rings. The molecular formula is C17H20N2O. The predicted octanol–water partition coefficient (Wildman–Crippen LogP) is 2.88. The topological polar surface area (TPSA) is 33.6 Å². The zero-order valence-electron chi connectivity index (χ0n) is 11.7. The molecule has 1 aromatic rings. The van der Waals surface area contributed by atoms with Crippen molar-refractivity contribution in [1.29, 1.82) is 0 Å². The van der Waals surface area contributed by atoms with E-state index in [4.69, 9.17) is 9.73 Å². The average Bonchev–Trinajstić information content (AvgIpc) is 2.93. The Balaban J connectivity index is 1.85. The molecule has 1 aliphatic carbocycles. The fourth-order valence-electron chi connectivity index (χ4n) is 2.91. The molecule has 20 heavy (non-hydrogen) atoms. The first-order valence-corrected chi connectivity index (χ1v) is 7.09. The standard InChI is InChI=1S/C17H20N2O/c1-20-12-15-18-16(13-8-4-2-5-9-13)17(19-15)14-10-6-3-7-11-14/h2-10,14,16-17H,11-12H2,1H3,(H,18,19)/t14?,16-,17+/m1/s1. The summed E-state index contributed by atoms with van der Waals surface area (Å²) in [6.07, 6.45) is 9.81. The van der Waals surface area contributed by atoms with E-state index in [1.54, 1.807) is 7.11 Å². The van der Waals surface area contributed by atoms with Crippen molar-refractivity contribution < 1.29 is 4.74 Å². The van der Waals surface area contributed by atoms with Gasteiger partial charge in [0, 0.05) is 13.0 Å². The maximum absolute atomic E-state index is 5.22. The smallest absolute Gasteiger partial charge is 0.124 e. The van der Waals surface area contributed by atoms with Crippen molar-refractivity contribution in [3.63, 3.8) is 0 Å². The highest BCUT2D eigenvalue weighted by atomic mass is 16.5. The fourth-order valence-corrected chi connectivity index (χ4v) is 2.91. The summed E-state index contributed by atoms with van der Waals surface area (Å²) in [7, 11) is 1.71. The number of amidine groups is 1. The first kappa shape index (κ1) is 13.1. The Hall–Kier alpha value is -1.87. The SMILES string of the molecule is COCC1=N[C@H](c2ccccc2)[C@H](C2C=CC=CC2)N1. The Morgan fingerprint density at radius 2 is 2.10 bits per heavy atom. The fraction of sp³-hybridized carbons (Fsp3) is 0.353. The molecule has 0 saturated heterocycles. The van der Waals surface area contributed by atoms with Crippen molar-refractivity contribution in [2.75, 3.05) is 13.7 Å². The third-order valence-corrected chi connectivity index (χ3v) is 3.87. The van der Waals surface area contributed by atoms with Gasteiger partial charge < -0.3 is 10.1 Å². The van der Waals surface area contributed by atoms with Gasteiger partial charge >= 0.3 is 0 Å². The molecule has 0 aromatic heterocycles. The Bertz CT molecular complexity index is 533. The molecule has 0 spiro atoms. The van der Waals surface area contributed by atoms with Crippen LogP contribution in [-0.2, 0) is 4.74 Å². The lowest BCUT2D eigenvalue weighted by atomic mass is 9.86. The monoisotopic (exact) mass is 268 g/mol. The van der Waals surface area contributed by atoms with Crippen LogP contribution < -0.4 is 5.32 Å². The molecule has 0 saturated carbocycles. The van der Waals surface area contributed by atoms with Gasteiger partial charge in [0.15, 0.2) is 0 Å². The molecule has 1 heterocycles. The Morgan fingerprint density at radius 1 is 1.25 bits per heavy atom. The van der Waals surface area contributed by atoms with Crippen LogP contribution in [0.3, 0.4) is 0 Å². The van der Waals surface area contributed by atoms with Crippen LogP contribution in [0.15, 0.2) is 59.6 Å². The molecule has 3 heteroatoms. The predicted molar refractivity (Wildman–Crippen MR) is 81.8 cm³/mol. The van der Waals surface area contributed by atoms with E-state index in [2.05, 4.69) is 53.9 Å². The van der Waals surface area contributed by atoms with Crippen molar-refractivity contribution in [3.8, 4) is 0 Å². The van der Waals surface area contributed by atoms with Gasteiger partial charge in [-0.2, -0.15) is 0 Å². The maximum atomic E-state index is 5.22. The summed E-state index contributed by atoms with van der Waals surface area (Å²) in [5.74, 6) is 1.43. The molecule has 1 N–H and O–H groups in total. The van der Waals surface area contributed by atoms with Gasteiger partial charge in [0.2, 0.25) is 0 Å². The van der Waals surface area contributed by atoms with Crippen LogP contribution in [-0.4, -0.2) is 25.6 Å². The Morgan fingerprint density at radius 3 is 2.80 bits per heavy atom. The molecule has 104 valence electrons. The zero-order valence-corrected chi connectivity index (χ0v) is 11.7. The average molecular weight is 268 g/mol. The molecule has 0 radical (unpaired) electrons. The highest BCUT2D eigenvalue weighted by molar-refractivity contribution is 5.86.